The molecule has 0 spiro atoms. The summed E-state index contributed by atoms with van der Waals surface area (Å²) in [5.41, 5.74) is 17.4. The van der Waals surface area contributed by atoms with Crippen LogP contribution in [-0.2, 0) is 37.9 Å². The van der Waals surface area contributed by atoms with Gasteiger partial charge in [0, 0.05) is 129 Å². The maximum absolute atomic E-state index is 3.89. The first-order valence-corrected chi connectivity index (χ1v) is 23.7. The second kappa shape index (κ2) is 15.4. The highest BCUT2D eigenvalue weighted by atomic mass is 14.9. The standard InChI is InChI=1S/C57H76N8/c1-34(2)36-19-21-38(59-36)52(6,7)40-23-25-42(61-40)54(10,11)44-27-29-46(63-44)56(14,15)48-31-33-50(65-48)57(16,17)49-32-30-47(64-49)55(12,13)45-28-26-43(62-45)53(8,9)41-24-22-39(60-41)51(4,5)37-20-18-35(3)58-37/h18-34,58-65H,1-17H3. The van der Waals surface area contributed by atoms with E-state index in [1.54, 1.807) is 0 Å². The molecule has 8 aromatic rings. The van der Waals surface area contributed by atoms with Crippen molar-refractivity contribution in [3.05, 3.63) is 188 Å². The number of aryl methyl sites for hydroxylation is 1. The molecule has 8 N–H and O–H groups in total. The molecule has 0 saturated heterocycles. The normalized spacial score (nSPS) is 13.8. The van der Waals surface area contributed by atoms with Crippen LogP contribution in [0.15, 0.2) is 97.1 Å². The van der Waals surface area contributed by atoms with Gasteiger partial charge < -0.3 is 39.9 Å². The summed E-state index contributed by atoms with van der Waals surface area (Å²) < 4.78 is 0. The molecule has 0 fully saturated rings. The largest absolute Gasteiger partial charge is 0.362 e. The van der Waals surface area contributed by atoms with E-state index < -0.39 is 0 Å². The van der Waals surface area contributed by atoms with Gasteiger partial charge in [-0.05, 0) is 207 Å². The number of rotatable bonds is 15. The summed E-state index contributed by atoms with van der Waals surface area (Å²) in [5, 5.41) is 0. The Bertz CT molecular complexity index is 2910. The number of nitrogens with one attached hydrogen (secondary N) is 8. The molecule has 0 atom stereocenters. The minimum Gasteiger partial charge on any atom is -0.362 e. The summed E-state index contributed by atoms with van der Waals surface area (Å²) in [7, 11) is 0. The molecular weight excluding hydrogens is 797 g/mol. The van der Waals surface area contributed by atoms with Crippen molar-refractivity contribution in [2.24, 2.45) is 0 Å². The SMILES string of the molecule is Cc1ccc(C(C)(C)c2ccc(C(C)(C)c3ccc(C(C)(C)c4ccc(C(C)(C)c5ccc(C(C)(C)c6ccc(C(C)(C)c7ccc(C(C)(C)c8ccc(C(C)C)[nH]8)[nH]7)[nH]6)[nH]5)[nH]4)[nH]3)[nH]2)[nH]1. The molecule has 0 aliphatic heterocycles. The first-order chi connectivity index (χ1) is 30.2. The van der Waals surface area contributed by atoms with E-state index in [1.165, 1.54) is 91.1 Å². The fourth-order valence-electron chi connectivity index (χ4n) is 9.74. The third-order valence-electron chi connectivity index (χ3n) is 15.7. The first kappa shape index (κ1) is 45.8. The highest BCUT2D eigenvalue weighted by Gasteiger charge is 2.37. The van der Waals surface area contributed by atoms with Gasteiger partial charge in [-0.1, -0.05) is 13.8 Å². The van der Waals surface area contributed by atoms with Gasteiger partial charge in [0.05, 0.1) is 0 Å². The van der Waals surface area contributed by atoms with Crippen molar-refractivity contribution in [2.45, 2.75) is 162 Å². The first-order valence-electron chi connectivity index (χ1n) is 23.7. The number of hydrogen-bond donors (Lipinski definition) is 8. The molecule has 8 nitrogen and oxygen atoms in total. The van der Waals surface area contributed by atoms with E-state index >= 15 is 0 Å². The molecule has 344 valence electrons. The zero-order chi connectivity index (χ0) is 47.3. The van der Waals surface area contributed by atoms with Crippen LogP contribution >= 0.6 is 0 Å². The second-order valence-corrected chi connectivity index (χ2v) is 23.1. The lowest BCUT2D eigenvalue weighted by Gasteiger charge is -2.28. The maximum Gasteiger partial charge on any atom is 0.0447 e. The van der Waals surface area contributed by atoms with Gasteiger partial charge >= 0.3 is 0 Å². The Morgan fingerprint density at radius 1 is 0.246 bits per heavy atom. The van der Waals surface area contributed by atoms with Crippen LogP contribution < -0.4 is 0 Å². The van der Waals surface area contributed by atoms with Gasteiger partial charge in [0.2, 0.25) is 0 Å². The highest BCUT2D eigenvalue weighted by Crippen LogP contribution is 2.42. The Kier molecular flexibility index (Phi) is 10.9. The Hall–Kier alpha value is -5.76. The fraction of sp³-hybridized carbons (Fsp3) is 0.439. The lowest BCUT2D eigenvalue weighted by molar-refractivity contribution is 0.549. The average molecular weight is 873 g/mol. The molecule has 8 heterocycles. The summed E-state index contributed by atoms with van der Waals surface area (Å²) in [6.07, 6.45) is 0. The Balaban J connectivity index is 0.975. The van der Waals surface area contributed by atoms with E-state index in [2.05, 4.69) is 255 Å². The van der Waals surface area contributed by atoms with Crippen molar-refractivity contribution < 1.29 is 0 Å². The van der Waals surface area contributed by atoms with Gasteiger partial charge in [0.15, 0.2) is 0 Å². The van der Waals surface area contributed by atoms with Gasteiger partial charge in [-0.25, -0.2) is 0 Å². The van der Waals surface area contributed by atoms with Gasteiger partial charge in [-0.2, -0.15) is 0 Å². The van der Waals surface area contributed by atoms with Gasteiger partial charge in [-0.15, -0.1) is 0 Å². The monoisotopic (exact) mass is 873 g/mol. The van der Waals surface area contributed by atoms with E-state index in [-0.39, 0.29) is 37.9 Å². The van der Waals surface area contributed by atoms with Crippen molar-refractivity contribution in [2.75, 3.05) is 0 Å². The van der Waals surface area contributed by atoms with Crippen LogP contribution in [0.1, 0.15) is 208 Å². The summed E-state index contributed by atoms with van der Waals surface area (Å²) in [6.45, 7) is 38.7. The molecule has 0 saturated carbocycles. The average Bonchev–Trinajstić information content (AvgIpc) is 4.09. The van der Waals surface area contributed by atoms with E-state index in [0.29, 0.717) is 5.92 Å². The van der Waals surface area contributed by atoms with Crippen molar-refractivity contribution in [3.63, 3.8) is 0 Å². The molecule has 0 aliphatic carbocycles. The highest BCUT2D eigenvalue weighted by molar-refractivity contribution is 5.44. The van der Waals surface area contributed by atoms with Crippen molar-refractivity contribution in [1.29, 1.82) is 0 Å². The van der Waals surface area contributed by atoms with E-state index in [0.717, 1.165) is 0 Å². The summed E-state index contributed by atoms with van der Waals surface area (Å²) in [6, 6.07) is 35.9. The third-order valence-corrected chi connectivity index (χ3v) is 15.7. The smallest absolute Gasteiger partial charge is 0.0447 e. The topological polar surface area (TPSA) is 126 Å². The Labute approximate surface area is 388 Å². The van der Waals surface area contributed by atoms with Crippen molar-refractivity contribution >= 4 is 0 Å². The van der Waals surface area contributed by atoms with Crippen LogP contribution in [-0.4, -0.2) is 39.9 Å². The lowest BCUT2D eigenvalue weighted by atomic mass is 9.85. The number of H-pyrrole nitrogens is 8. The van der Waals surface area contributed by atoms with Crippen LogP contribution in [0.25, 0.3) is 0 Å². The molecule has 0 aromatic carbocycles. The fourth-order valence-corrected chi connectivity index (χ4v) is 9.74. The van der Waals surface area contributed by atoms with E-state index in [9.17, 15) is 0 Å². The van der Waals surface area contributed by atoms with Crippen LogP contribution in [0.2, 0.25) is 0 Å². The molecule has 65 heavy (non-hydrogen) atoms. The van der Waals surface area contributed by atoms with Crippen LogP contribution in [0, 0.1) is 6.92 Å². The van der Waals surface area contributed by atoms with Gasteiger partial charge in [0.1, 0.15) is 0 Å². The molecular formula is C57H76N8. The summed E-state index contributed by atoms with van der Waals surface area (Å²) in [5.74, 6) is 0.464. The quantitative estimate of drug-likeness (QED) is 0.0500. The summed E-state index contributed by atoms with van der Waals surface area (Å²) >= 11 is 0. The van der Waals surface area contributed by atoms with Crippen LogP contribution in [0.5, 0.6) is 0 Å². The third kappa shape index (κ3) is 7.74. The predicted molar refractivity (Wildman–Crippen MR) is 270 cm³/mol. The predicted octanol–water partition coefficient (Wildman–Crippen LogP) is 14.0. The minimum absolute atomic E-state index is 0.166. The molecule has 0 bridgehead atoms. The molecule has 0 amide bonds. The Morgan fingerprint density at radius 3 is 0.585 bits per heavy atom. The zero-order valence-corrected chi connectivity index (χ0v) is 42.3. The number of aromatic amines is 8. The Morgan fingerprint density at radius 2 is 0.415 bits per heavy atom. The van der Waals surface area contributed by atoms with E-state index in [4.69, 9.17) is 0 Å². The second-order valence-electron chi connectivity index (χ2n) is 23.1. The van der Waals surface area contributed by atoms with Gasteiger partial charge in [0.25, 0.3) is 0 Å². The maximum atomic E-state index is 3.89. The molecule has 0 aliphatic rings. The van der Waals surface area contributed by atoms with Crippen LogP contribution in [0.4, 0.5) is 0 Å². The lowest BCUT2D eigenvalue weighted by Crippen LogP contribution is -2.25. The van der Waals surface area contributed by atoms with Gasteiger partial charge in [-0.3, -0.25) is 0 Å². The van der Waals surface area contributed by atoms with Crippen LogP contribution in [0.3, 0.4) is 0 Å². The number of aromatic nitrogens is 8. The molecule has 8 heteroatoms. The molecule has 0 unspecified atom stereocenters. The van der Waals surface area contributed by atoms with E-state index in [1.807, 2.05) is 0 Å². The minimum atomic E-state index is -0.290. The molecule has 8 rings (SSSR count). The zero-order valence-electron chi connectivity index (χ0n) is 42.3. The molecule has 8 aromatic heterocycles. The van der Waals surface area contributed by atoms with Crippen molar-refractivity contribution in [3.8, 4) is 0 Å². The summed E-state index contributed by atoms with van der Waals surface area (Å²) in [4.78, 5) is 30.4. The van der Waals surface area contributed by atoms with Crippen molar-refractivity contribution in [1.82, 2.24) is 39.9 Å². The molecule has 0 radical (unpaired) electrons. The number of hydrogen-bond acceptors (Lipinski definition) is 0.